The second-order valence-electron chi connectivity index (χ2n) is 7.35. The molecule has 0 aromatic carbocycles. The molecule has 4 nitrogen and oxygen atoms in total. The van der Waals surface area contributed by atoms with Crippen LogP contribution in [0.5, 0.6) is 0 Å². The van der Waals surface area contributed by atoms with Gasteiger partial charge >= 0.3 is 0 Å². The molecule has 0 spiro atoms. The van der Waals surface area contributed by atoms with Crippen LogP contribution in [0.1, 0.15) is 45.4 Å². The Kier molecular flexibility index (Phi) is 5.20. The molecular weight excluding hydrogens is 260 g/mol. The molecule has 122 valence electrons. The van der Waals surface area contributed by atoms with E-state index in [9.17, 15) is 0 Å². The predicted octanol–water partition coefficient (Wildman–Crippen LogP) is 1.36. The highest BCUT2D eigenvalue weighted by molar-refractivity contribution is 4.99. The summed E-state index contributed by atoms with van der Waals surface area (Å²) in [6.07, 6.45) is 8.11. The number of likely N-dealkylation sites (tertiary alicyclic amines) is 1. The average Bonchev–Trinajstić information content (AvgIpc) is 2.77. The van der Waals surface area contributed by atoms with E-state index in [4.69, 9.17) is 5.73 Å². The topological polar surface area (TPSA) is 35.7 Å². The van der Waals surface area contributed by atoms with E-state index >= 15 is 0 Å². The number of nitrogens with two attached hydrogens (primary N) is 1. The van der Waals surface area contributed by atoms with E-state index in [2.05, 4.69) is 21.6 Å². The molecule has 3 heterocycles. The summed E-state index contributed by atoms with van der Waals surface area (Å²) in [5, 5.41) is 0. The Morgan fingerprint density at radius 3 is 2.71 bits per heavy atom. The summed E-state index contributed by atoms with van der Waals surface area (Å²) in [7, 11) is 0. The van der Waals surface area contributed by atoms with Crippen molar-refractivity contribution in [3.8, 4) is 0 Å². The molecule has 2 atom stereocenters. The Morgan fingerprint density at radius 1 is 1.00 bits per heavy atom. The largest absolute Gasteiger partial charge is 0.329 e. The monoisotopic (exact) mass is 294 g/mol. The number of fused-ring (bicyclic) bond motifs is 1. The number of piperidine rings is 1. The third-order valence-electron chi connectivity index (χ3n) is 6.35. The standard InChI is InChI=1S/C17H34N4/c1-2-19-9-5-7-17(15-18,8-11-19)21-13-12-20-10-4-3-6-16(20)14-21/h16H,2-15,18H2,1H3. The van der Waals surface area contributed by atoms with E-state index in [0.29, 0.717) is 0 Å². The van der Waals surface area contributed by atoms with Crippen LogP contribution in [0.3, 0.4) is 0 Å². The SMILES string of the molecule is CCN1CCCC(CN)(N2CCN3CCCCC3C2)CC1. The summed E-state index contributed by atoms with van der Waals surface area (Å²) in [5.74, 6) is 0. The molecule has 0 bridgehead atoms. The van der Waals surface area contributed by atoms with Crippen molar-refractivity contribution in [3.05, 3.63) is 0 Å². The van der Waals surface area contributed by atoms with Crippen molar-refractivity contribution < 1.29 is 0 Å². The molecule has 3 aliphatic rings. The fourth-order valence-electron chi connectivity index (χ4n) is 4.79. The van der Waals surface area contributed by atoms with Gasteiger partial charge in [0.05, 0.1) is 0 Å². The number of piperazine rings is 1. The first-order chi connectivity index (χ1) is 10.3. The van der Waals surface area contributed by atoms with Gasteiger partial charge < -0.3 is 10.6 Å². The van der Waals surface area contributed by atoms with Crippen LogP contribution >= 0.6 is 0 Å². The summed E-state index contributed by atoms with van der Waals surface area (Å²) in [6.45, 7) is 11.9. The minimum absolute atomic E-state index is 0.285. The molecule has 3 fully saturated rings. The number of rotatable bonds is 3. The van der Waals surface area contributed by atoms with Gasteiger partial charge in [-0.2, -0.15) is 0 Å². The first-order valence-corrected chi connectivity index (χ1v) is 9.19. The van der Waals surface area contributed by atoms with Crippen molar-refractivity contribution in [3.63, 3.8) is 0 Å². The zero-order valence-corrected chi connectivity index (χ0v) is 13.9. The van der Waals surface area contributed by atoms with Crippen molar-refractivity contribution in [2.75, 3.05) is 52.4 Å². The molecule has 2 N–H and O–H groups in total. The number of nitrogens with zero attached hydrogens (tertiary/aromatic N) is 3. The normalized spacial score (nSPS) is 37.1. The lowest BCUT2D eigenvalue weighted by Gasteiger charge is -2.51. The van der Waals surface area contributed by atoms with E-state index in [1.165, 1.54) is 84.3 Å². The van der Waals surface area contributed by atoms with E-state index in [0.717, 1.165) is 12.6 Å². The van der Waals surface area contributed by atoms with E-state index in [1.54, 1.807) is 0 Å². The van der Waals surface area contributed by atoms with Crippen molar-refractivity contribution in [1.82, 2.24) is 14.7 Å². The zero-order chi connectivity index (χ0) is 14.7. The highest BCUT2D eigenvalue weighted by Crippen LogP contribution is 2.32. The van der Waals surface area contributed by atoms with Crippen LogP contribution in [0.25, 0.3) is 0 Å². The van der Waals surface area contributed by atoms with Crippen LogP contribution in [-0.2, 0) is 0 Å². The van der Waals surface area contributed by atoms with Gasteiger partial charge in [0.15, 0.2) is 0 Å². The highest BCUT2D eigenvalue weighted by atomic mass is 15.3. The smallest absolute Gasteiger partial charge is 0.0345 e. The van der Waals surface area contributed by atoms with Crippen LogP contribution in [0.15, 0.2) is 0 Å². The lowest BCUT2D eigenvalue weighted by atomic mass is 9.86. The fourth-order valence-corrected chi connectivity index (χ4v) is 4.79. The second kappa shape index (κ2) is 6.95. The summed E-state index contributed by atoms with van der Waals surface area (Å²) < 4.78 is 0. The molecule has 0 aliphatic carbocycles. The molecule has 3 rings (SSSR count). The Hall–Kier alpha value is -0.160. The van der Waals surface area contributed by atoms with Crippen LogP contribution in [-0.4, -0.2) is 78.6 Å². The number of hydrogen-bond acceptors (Lipinski definition) is 4. The Morgan fingerprint density at radius 2 is 1.90 bits per heavy atom. The van der Waals surface area contributed by atoms with Crippen LogP contribution < -0.4 is 5.73 Å². The lowest BCUT2D eigenvalue weighted by molar-refractivity contribution is -0.0171. The maximum atomic E-state index is 6.32. The average molecular weight is 294 g/mol. The van der Waals surface area contributed by atoms with E-state index < -0.39 is 0 Å². The van der Waals surface area contributed by atoms with Gasteiger partial charge in [0, 0.05) is 37.8 Å². The predicted molar refractivity (Wildman–Crippen MR) is 88.5 cm³/mol. The molecular formula is C17H34N4. The van der Waals surface area contributed by atoms with Crippen LogP contribution in [0, 0.1) is 0 Å². The molecule has 3 saturated heterocycles. The molecule has 0 aromatic rings. The molecule has 2 unspecified atom stereocenters. The first kappa shape index (κ1) is 15.7. The van der Waals surface area contributed by atoms with Crippen molar-refractivity contribution in [1.29, 1.82) is 0 Å². The fraction of sp³-hybridized carbons (Fsp3) is 1.00. The van der Waals surface area contributed by atoms with Gasteiger partial charge in [0.2, 0.25) is 0 Å². The van der Waals surface area contributed by atoms with Gasteiger partial charge in [-0.05, 0) is 58.3 Å². The Bertz CT molecular complexity index is 335. The molecule has 3 aliphatic heterocycles. The third kappa shape index (κ3) is 3.29. The minimum Gasteiger partial charge on any atom is -0.329 e. The van der Waals surface area contributed by atoms with Crippen molar-refractivity contribution >= 4 is 0 Å². The van der Waals surface area contributed by atoms with Crippen molar-refractivity contribution in [2.24, 2.45) is 5.73 Å². The highest BCUT2D eigenvalue weighted by Gasteiger charge is 2.41. The molecule has 4 heteroatoms. The molecule has 0 radical (unpaired) electrons. The summed E-state index contributed by atoms with van der Waals surface area (Å²) in [5.41, 5.74) is 6.60. The minimum atomic E-state index is 0.285. The lowest BCUT2D eigenvalue weighted by Crippen LogP contribution is -2.64. The third-order valence-corrected chi connectivity index (χ3v) is 6.35. The van der Waals surface area contributed by atoms with Crippen molar-refractivity contribution in [2.45, 2.75) is 57.0 Å². The van der Waals surface area contributed by atoms with Crippen LogP contribution in [0.2, 0.25) is 0 Å². The Labute approximate surface area is 130 Å². The van der Waals surface area contributed by atoms with E-state index in [-0.39, 0.29) is 5.54 Å². The maximum absolute atomic E-state index is 6.32. The quantitative estimate of drug-likeness (QED) is 0.852. The first-order valence-electron chi connectivity index (χ1n) is 9.19. The van der Waals surface area contributed by atoms with Gasteiger partial charge in [-0.3, -0.25) is 9.80 Å². The van der Waals surface area contributed by atoms with Gasteiger partial charge in [-0.15, -0.1) is 0 Å². The number of hydrogen-bond donors (Lipinski definition) is 1. The molecule has 0 amide bonds. The summed E-state index contributed by atoms with van der Waals surface area (Å²) in [6, 6.07) is 0.807. The van der Waals surface area contributed by atoms with Crippen LogP contribution in [0.4, 0.5) is 0 Å². The van der Waals surface area contributed by atoms with Gasteiger partial charge in [-0.25, -0.2) is 0 Å². The van der Waals surface area contributed by atoms with Gasteiger partial charge in [0.25, 0.3) is 0 Å². The Balaban J connectivity index is 1.67. The summed E-state index contributed by atoms with van der Waals surface area (Å²) >= 11 is 0. The molecule has 0 saturated carbocycles. The van der Waals surface area contributed by atoms with Gasteiger partial charge in [0.1, 0.15) is 0 Å². The second-order valence-corrected chi connectivity index (χ2v) is 7.35. The maximum Gasteiger partial charge on any atom is 0.0345 e. The summed E-state index contributed by atoms with van der Waals surface area (Å²) in [4.78, 5) is 8.13. The van der Waals surface area contributed by atoms with E-state index in [1.807, 2.05) is 0 Å². The molecule has 21 heavy (non-hydrogen) atoms. The van der Waals surface area contributed by atoms with Gasteiger partial charge in [-0.1, -0.05) is 13.3 Å². The zero-order valence-electron chi connectivity index (χ0n) is 13.9. The molecule has 0 aromatic heterocycles.